The predicted molar refractivity (Wildman–Crippen MR) is 154 cm³/mol. The minimum atomic E-state index is -0.850. The van der Waals surface area contributed by atoms with Gasteiger partial charge in [-0.3, -0.25) is 4.68 Å². The molecule has 0 bridgehead atoms. The molecule has 1 atom stereocenters. The summed E-state index contributed by atoms with van der Waals surface area (Å²) in [6.45, 7) is 7.16. The van der Waals surface area contributed by atoms with Crippen molar-refractivity contribution < 1.29 is 9.50 Å². The summed E-state index contributed by atoms with van der Waals surface area (Å²) in [7, 11) is 0. The Bertz CT molecular complexity index is 1710. The van der Waals surface area contributed by atoms with Crippen molar-refractivity contribution in [2.24, 2.45) is 5.73 Å². The van der Waals surface area contributed by atoms with E-state index < -0.39 is 11.1 Å². The number of fused-ring (bicyclic) bond motifs is 1. The second-order valence-corrected chi connectivity index (χ2v) is 11.3. The lowest BCUT2D eigenvalue weighted by Crippen LogP contribution is -2.35. The number of aromatic nitrogens is 7. The fourth-order valence-corrected chi connectivity index (χ4v) is 5.11. The Morgan fingerprint density at radius 3 is 2.39 bits per heavy atom. The lowest BCUT2D eigenvalue weighted by atomic mass is 9.87. The molecule has 11 heteroatoms. The average Bonchev–Trinajstić information content (AvgIpc) is 3.59. The third-order valence-electron chi connectivity index (χ3n) is 7.40. The summed E-state index contributed by atoms with van der Waals surface area (Å²) >= 11 is 0. The maximum atomic E-state index is 13.4. The lowest BCUT2D eigenvalue weighted by Gasteiger charge is -2.28. The Labute approximate surface area is 237 Å². The Hall–Kier alpha value is -4.48. The molecule has 0 fully saturated rings. The highest BCUT2D eigenvalue weighted by Gasteiger charge is 2.26. The number of nitrogens with two attached hydrogens (primary N) is 1. The SMILES string of the molecule is CC(C)(O)Cn1cc(-c2cc3c(C4=CCN(c5ncc([C@@](C)(N)c6ccc(F)cc6)cn5)CC4)ncnn3c2)cn1. The van der Waals surface area contributed by atoms with Gasteiger partial charge < -0.3 is 15.7 Å². The lowest BCUT2D eigenvalue weighted by molar-refractivity contribution is 0.0577. The monoisotopic (exact) mass is 553 g/mol. The van der Waals surface area contributed by atoms with Gasteiger partial charge in [0.2, 0.25) is 5.95 Å². The second kappa shape index (κ2) is 10.2. The van der Waals surface area contributed by atoms with Crippen LogP contribution in [-0.4, -0.2) is 58.1 Å². The van der Waals surface area contributed by atoms with Gasteiger partial charge in [0.15, 0.2) is 0 Å². The fraction of sp³-hybridized carbons (Fsp3) is 0.300. The Morgan fingerprint density at radius 2 is 1.71 bits per heavy atom. The van der Waals surface area contributed by atoms with Crippen LogP contribution >= 0.6 is 0 Å². The van der Waals surface area contributed by atoms with E-state index in [4.69, 9.17) is 5.73 Å². The summed E-state index contributed by atoms with van der Waals surface area (Å²) in [6, 6.07) is 8.25. The average molecular weight is 554 g/mol. The quantitative estimate of drug-likeness (QED) is 0.312. The molecule has 1 aromatic carbocycles. The number of nitrogens with zero attached hydrogens (tertiary/aromatic N) is 8. The molecule has 10 nitrogen and oxygen atoms in total. The number of benzene rings is 1. The second-order valence-electron chi connectivity index (χ2n) is 11.3. The first-order chi connectivity index (χ1) is 19.6. The van der Waals surface area contributed by atoms with Gasteiger partial charge in [-0.1, -0.05) is 18.2 Å². The van der Waals surface area contributed by atoms with Gasteiger partial charge >= 0.3 is 0 Å². The molecule has 0 amide bonds. The molecule has 4 aromatic heterocycles. The van der Waals surface area contributed by atoms with Crippen molar-refractivity contribution in [3.63, 3.8) is 0 Å². The smallest absolute Gasteiger partial charge is 0.225 e. The molecule has 3 N–H and O–H groups in total. The van der Waals surface area contributed by atoms with Crippen LogP contribution in [0.2, 0.25) is 0 Å². The van der Waals surface area contributed by atoms with Gasteiger partial charge in [0.25, 0.3) is 0 Å². The standard InChI is InChI=1S/C30H32FN9O/c1-29(2,41)18-39-16-22(13-36-39)21-12-26-27(35-19-37-40(26)17-21)20-8-10-38(11-9-20)28-33-14-24(15-34-28)30(3,32)23-4-6-25(31)7-5-23/h4-8,12-17,19,41H,9-11,18,32H2,1-3H3/t30-/m0/s1. The van der Waals surface area contributed by atoms with Gasteiger partial charge in [0, 0.05) is 54.6 Å². The number of aliphatic hydroxyl groups is 1. The van der Waals surface area contributed by atoms with E-state index in [1.165, 1.54) is 12.1 Å². The molecule has 0 saturated heterocycles. The molecule has 5 heterocycles. The Kier molecular flexibility index (Phi) is 6.63. The zero-order valence-corrected chi connectivity index (χ0v) is 23.2. The molecule has 0 unspecified atom stereocenters. The Balaban J connectivity index is 1.19. The number of anilines is 1. The first-order valence-electron chi connectivity index (χ1n) is 13.5. The normalized spacial score (nSPS) is 15.7. The fourth-order valence-electron chi connectivity index (χ4n) is 5.11. The molecule has 1 aliphatic heterocycles. The molecular weight excluding hydrogens is 521 g/mol. The van der Waals surface area contributed by atoms with E-state index in [-0.39, 0.29) is 5.82 Å². The molecule has 210 valence electrons. The van der Waals surface area contributed by atoms with Crippen LogP contribution in [0.1, 0.15) is 44.0 Å². The van der Waals surface area contributed by atoms with Crippen molar-refractivity contribution in [1.29, 1.82) is 0 Å². The highest BCUT2D eigenvalue weighted by Crippen LogP contribution is 2.30. The van der Waals surface area contributed by atoms with Crippen LogP contribution in [0, 0.1) is 5.82 Å². The zero-order chi connectivity index (χ0) is 28.8. The van der Waals surface area contributed by atoms with Crippen molar-refractivity contribution in [3.8, 4) is 11.1 Å². The molecule has 0 spiro atoms. The number of halogens is 1. The van der Waals surface area contributed by atoms with E-state index in [1.54, 1.807) is 55.6 Å². The minimum absolute atomic E-state index is 0.302. The third-order valence-corrected chi connectivity index (χ3v) is 7.40. The topological polar surface area (TPSA) is 123 Å². The van der Waals surface area contributed by atoms with Crippen molar-refractivity contribution in [3.05, 3.63) is 96.4 Å². The van der Waals surface area contributed by atoms with E-state index in [0.29, 0.717) is 19.0 Å². The molecular formula is C30H32FN9O. The van der Waals surface area contributed by atoms with Crippen molar-refractivity contribution in [1.82, 2.24) is 34.3 Å². The molecule has 0 saturated carbocycles. The van der Waals surface area contributed by atoms with Crippen LogP contribution in [0.25, 0.3) is 22.2 Å². The first-order valence-corrected chi connectivity index (χ1v) is 13.5. The van der Waals surface area contributed by atoms with Gasteiger partial charge in [-0.2, -0.15) is 10.2 Å². The number of hydrogen-bond acceptors (Lipinski definition) is 8. The largest absolute Gasteiger partial charge is 0.389 e. The van der Waals surface area contributed by atoms with Crippen LogP contribution in [0.15, 0.2) is 73.7 Å². The maximum absolute atomic E-state index is 13.4. The van der Waals surface area contributed by atoms with E-state index in [0.717, 1.165) is 52.0 Å². The van der Waals surface area contributed by atoms with E-state index in [1.807, 2.05) is 23.8 Å². The highest BCUT2D eigenvalue weighted by molar-refractivity contribution is 5.80. The molecule has 0 radical (unpaired) electrons. The molecule has 6 rings (SSSR count). The van der Waals surface area contributed by atoms with Crippen LogP contribution in [0.4, 0.5) is 10.3 Å². The van der Waals surface area contributed by atoms with Gasteiger partial charge in [0.1, 0.15) is 12.1 Å². The summed E-state index contributed by atoms with van der Waals surface area (Å²) in [6.07, 6.45) is 13.7. The first kappa shape index (κ1) is 26.7. The summed E-state index contributed by atoms with van der Waals surface area (Å²) in [5.41, 5.74) is 11.3. The summed E-state index contributed by atoms with van der Waals surface area (Å²) in [4.78, 5) is 15.9. The van der Waals surface area contributed by atoms with Gasteiger partial charge in [0.05, 0.1) is 35.1 Å². The van der Waals surface area contributed by atoms with Gasteiger partial charge in [-0.05, 0) is 56.5 Å². The molecule has 41 heavy (non-hydrogen) atoms. The number of rotatable bonds is 7. The third kappa shape index (κ3) is 5.46. The van der Waals surface area contributed by atoms with Crippen molar-refractivity contribution in [2.75, 3.05) is 18.0 Å². The van der Waals surface area contributed by atoms with E-state index in [9.17, 15) is 9.50 Å². The van der Waals surface area contributed by atoms with E-state index in [2.05, 4.69) is 42.2 Å². The minimum Gasteiger partial charge on any atom is -0.389 e. The van der Waals surface area contributed by atoms with Crippen LogP contribution < -0.4 is 10.6 Å². The summed E-state index contributed by atoms with van der Waals surface area (Å²) in [5.74, 6) is 0.323. The van der Waals surface area contributed by atoms with Crippen LogP contribution in [0.5, 0.6) is 0 Å². The summed E-state index contributed by atoms with van der Waals surface area (Å²) < 4.78 is 17.0. The maximum Gasteiger partial charge on any atom is 0.225 e. The molecule has 1 aliphatic rings. The van der Waals surface area contributed by atoms with Crippen molar-refractivity contribution >= 4 is 17.0 Å². The number of hydrogen-bond donors (Lipinski definition) is 2. The van der Waals surface area contributed by atoms with Gasteiger partial charge in [-0.25, -0.2) is 23.9 Å². The van der Waals surface area contributed by atoms with E-state index >= 15 is 0 Å². The molecule has 5 aromatic rings. The van der Waals surface area contributed by atoms with Crippen LogP contribution in [-0.2, 0) is 12.1 Å². The van der Waals surface area contributed by atoms with Crippen molar-refractivity contribution in [2.45, 2.75) is 44.9 Å². The van der Waals surface area contributed by atoms with Gasteiger partial charge in [-0.15, -0.1) is 0 Å². The highest BCUT2D eigenvalue weighted by atomic mass is 19.1. The molecule has 0 aliphatic carbocycles. The Morgan fingerprint density at radius 1 is 0.951 bits per heavy atom. The summed E-state index contributed by atoms with van der Waals surface area (Å²) in [5, 5.41) is 18.9. The zero-order valence-electron chi connectivity index (χ0n) is 23.2. The predicted octanol–water partition coefficient (Wildman–Crippen LogP) is 3.81. The van der Waals surface area contributed by atoms with Crippen LogP contribution in [0.3, 0.4) is 0 Å².